The van der Waals surface area contributed by atoms with Gasteiger partial charge in [0.25, 0.3) is 0 Å². The van der Waals surface area contributed by atoms with Crippen LogP contribution in [0.25, 0.3) is 6.08 Å². The number of ether oxygens (including phenoxy) is 1. The Bertz CT molecular complexity index is 359. The molecule has 0 saturated carbocycles. The van der Waals surface area contributed by atoms with Crippen LogP contribution in [0, 0.1) is 0 Å². The normalized spacial score (nSPS) is 10.6. The topological polar surface area (TPSA) is 55.0 Å². The zero-order valence-electron chi connectivity index (χ0n) is 10.7. The summed E-state index contributed by atoms with van der Waals surface area (Å²) in [5, 5.41) is 0. The van der Waals surface area contributed by atoms with Crippen LogP contribution in [0.4, 0.5) is 0 Å². The van der Waals surface area contributed by atoms with Crippen molar-refractivity contribution in [2.75, 3.05) is 34.3 Å². The van der Waals surface area contributed by atoms with Gasteiger partial charge in [-0.05, 0) is 6.08 Å². The minimum absolute atomic E-state index is 0. The van der Waals surface area contributed by atoms with Gasteiger partial charge >= 0.3 is 5.97 Å². The maximum Gasteiger partial charge on any atom is 0.331 e. The first-order chi connectivity index (χ1) is 7.47. The molecule has 104 valence electrons. The number of nitrogens with zero attached hydrogens (tertiary/aromatic N) is 2. The predicted molar refractivity (Wildman–Crippen MR) is 68.7 cm³/mol. The average Bonchev–Trinajstić information content (AvgIpc) is 2.65. The second kappa shape index (κ2) is 8.97. The van der Waals surface area contributed by atoms with Gasteiger partial charge in [-0.1, -0.05) is 0 Å². The lowest BCUT2D eigenvalue weighted by Crippen LogP contribution is -3.00. The molecule has 1 heterocycles. The van der Waals surface area contributed by atoms with Gasteiger partial charge in [-0.2, -0.15) is 0 Å². The number of quaternary nitrogens is 1. The Morgan fingerprint density at radius 1 is 1.50 bits per heavy atom. The minimum Gasteiger partial charge on any atom is -1.00 e. The Kier molecular flexibility index (Phi) is 9.61. The van der Waals surface area contributed by atoms with E-state index in [0.717, 1.165) is 16.7 Å². The first kappa shape index (κ1) is 19.3. The van der Waals surface area contributed by atoms with Crippen LogP contribution in [-0.2, 0) is 9.53 Å². The van der Waals surface area contributed by atoms with Crippen molar-refractivity contribution < 1.29 is 26.4 Å². The smallest absolute Gasteiger partial charge is 0.331 e. The van der Waals surface area contributed by atoms with Gasteiger partial charge in [-0.3, -0.25) is 0 Å². The number of H-pyrrole nitrogens is 1. The van der Waals surface area contributed by atoms with Crippen LogP contribution in [0.2, 0.25) is 0 Å². The van der Waals surface area contributed by atoms with Crippen molar-refractivity contribution in [1.82, 2.24) is 9.97 Å². The van der Waals surface area contributed by atoms with E-state index < -0.39 is 0 Å². The summed E-state index contributed by atoms with van der Waals surface area (Å²) in [6, 6.07) is 0. The molecular formula is C11H19Cl2N3O2. The zero-order valence-corrected chi connectivity index (χ0v) is 12.3. The molecule has 0 aromatic carbocycles. The van der Waals surface area contributed by atoms with Crippen LogP contribution < -0.4 is 12.4 Å². The Labute approximate surface area is 120 Å². The van der Waals surface area contributed by atoms with E-state index in [4.69, 9.17) is 4.74 Å². The molecule has 1 rings (SSSR count). The number of aromatic amines is 1. The van der Waals surface area contributed by atoms with E-state index in [2.05, 4.69) is 9.97 Å². The van der Waals surface area contributed by atoms with Crippen molar-refractivity contribution in [2.45, 2.75) is 0 Å². The molecule has 0 saturated heterocycles. The van der Waals surface area contributed by atoms with E-state index in [-0.39, 0.29) is 30.8 Å². The number of carbonyl (C=O) groups excluding carboxylic acids is 1. The predicted octanol–water partition coefficient (Wildman–Crippen LogP) is -1.90. The van der Waals surface area contributed by atoms with Crippen molar-refractivity contribution in [2.24, 2.45) is 0 Å². The summed E-state index contributed by atoms with van der Waals surface area (Å²) in [4.78, 5) is 18.0. The number of imidazole rings is 1. The highest BCUT2D eigenvalue weighted by atomic mass is 35.5. The molecule has 1 N–H and O–H groups in total. The molecule has 0 aliphatic heterocycles. The second-order valence-corrected chi connectivity index (χ2v) is 4.52. The van der Waals surface area contributed by atoms with Crippen LogP contribution in [0.5, 0.6) is 0 Å². The quantitative estimate of drug-likeness (QED) is 0.392. The molecule has 0 atom stereocenters. The molecule has 0 aliphatic carbocycles. The van der Waals surface area contributed by atoms with Crippen LogP contribution in [0.1, 0.15) is 5.69 Å². The highest BCUT2D eigenvalue weighted by molar-refractivity contribution is 5.86. The van der Waals surface area contributed by atoms with Gasteiger partial charge < -0.3 is 26.6 Å². The van der Waals surface area contributed by atoms with Gasteiger partial charge in [0.1, 0.15) is 13.2 Å². The van der Waals surface area contributed by atoms with Crippen molar-refractivity contribution in [1.29, 1.82) is 0 Å². The summed E-state index contributed by atoms with van der Waals surface area (Å²) in [5.41, 5.74) is 0.781. The second-order valence-electron chi connectivity index (χ2n) is 4.52. The van der Waals surface area contributed by atoms with Gasteiger partial charge in [0.15, 0.2) is 0 Å². The molecule has 0 radical (unpaired) electrons. The van der Waals surface area contributed by atoms with Gasteiger partial charge in [0.2, 0.25) is 0 Å². The maximum atomic E-state index is 11.3. The first-order valence-electron chi connectivity index (χ1n) is 5.11. The van der Waals surface area contributed by atoms with Crippen molar-refractivity contribution in [3.05, 3.63) is 24.3 Å². The van der Waals surface area contributed by atoms with Gasteiger partial charge in [0, 0.05) is 6.08 Å². The van der Waals surface area contributed by atoms with E-state index in [1.54, 1.807) is 18.6 Å². The molecule has 1 aromatic heterocycles. The number of likely N-dealkylation sites (N-methyl/N-ethyl adjacent to an activating group) is 1. The molecule has 7 heteroatoms. The number of carbonyl (C=O) groups is 1. The van der Waals surface area contributed by atoms with Gasteiger partial charge in [-0.25, -0.2) is 9.78 Å². The number of nitrogens with one attached hydrogen (secondary N) is 1. The highest BCUT2D eigenvalue weighted by Crippen LogP contribution is 1.96. The standard InChI is InChI=1S/C11H17N3O2.2ClH/c1-14(2,3)6-7-16-11(15)5-4-10-8-12-9-13-10;;/h4-5,8-9H,6-7H2,1-3H3;2*1H. The fraction of sp³-hybridized carbons (Fsp3) is 0.455. The van der Waals surface area contributed by atoms with Crippen LogP contribution >= 0.6 is 12.4 Å². The maximum absolute atomic E-state index is 11.3. The number of aromatic nitrogens is 2. The van der Waals surface area contributed by atoms with Gasteiger partial charge in [0.05, 0.1) is 39.4 Å². The summed E-state index contributed by atoms with van der Waals surface area (Å²) < 4.78 is 5.82. The molecule has 0 aliphatic rings. The summed E-state index contributed by atoms with van der Waals surface area (Å²) in [6.07, 6.45) is 6.22. The number of halogens is 2. The Balaban J connectivity index is 0. The third-order valence-electron chi connectivity index (χ3n) is 1.92. The molecule has 0 amide bonds. The lowest BCUT2D eigenvalue weighted by Gasteiger charge is -2.23. The van der Waals surface area contributed by atoms with Crippen molar-refractivity contribution >= 4 is 24.5 Å². The molecular weight excluding hydrogens is 277 g/mol. The Morgan fingerprint density at radius 2 is 2.17 bits per heavy atom. The molecule has 18 heavy (non-hydrogen) atoms. The summed E-state index contributed by atoms with van der Waals surface area (Å²) in [5.74, 6) is -0.331. The van der Waals surface area contributed by atoms with Crippen molar-refractivity contribution in [3.8, 4) is 0 Å². The molecule has 0 fully saturated rings. The molecule has 0 spiro atoms. The zero-order chi connectivity index (χ0) is 12.0. The lowest BCUT2D eigenvalue weighted by molar-refractivity contribution is -0.870. The van der Waals surface area contributed by atoms with Crippen LogP contribution in [0.3, 0.4) is 0 Å². The lowest BCUT2D eigenvalue weighted by atomic mass is 10.4. The minimum atomic E-state index is -0.331. The SMILES string of the molecule is C[N+](C)(C)CCOC(=O)C=Cc1cnc[nH]1.Cl.[Cl-]. The van der Waals surface area contributed by atoms with Gasteiger partial charge in [-0.15, -0.1) is 12.4 Å². The van der Waals surface area contributed by atoms with Crippen molar-refractivity contribution in [3.63, 3.8) is 0 Å². The number of rotatable bonds is 5. The molecule has 0 unspecified atom stereocenters. The largest absolute Gasteiger partial charge is 1.00 e. The Hall–Kier alpha value is -1.04. The monoisotopic (exact) mass is 295 g/mol. The summed E-state index contributed by atoms with van der Waals surface area (Å²) in [6.45, 7) is 1.22. The summed E-state index contributed by atoms with van der Waals surface area (Å²) in [7, 11) is 6.15. The molecule has 5 nitrogen and oxygen atoms in total. The number of esters is 1. The van der Waals surface area contributed by atoms with E-state index in [1.807, 2.05) is 21.1 Å². The summed E-state index contributed by atoms with van der Waals surface area (Å²) >= 11 is 0. The van der Waals surface area contributed by atoms with E-state index in [1.165, 1.54) is 6.08 Å². The van der Waals surface area contributed by atoms with Crippen LogP contribution in [-0.4, -0.2) is 54.7 Å². The van der Waals surface area contributed by atoms with E-state index in [9.17, 15) is 4.79 Å². The van der Waals surface area contributed by atoms with E-state index in [0.29, 0.717) is 6.61 Å². The van der Waals surface area contributed by atoms with Crippen LogP contribution in [0.15, 0.2) is 18.6 Å². The fourth-order valence-corrected chi connectivity index (χ4v) is 0.984. The molecule has 0 bridgehead atoms. The third-order valence-corrected chi connectivity index (χ3v) is 1.92. The first-order valence-corrected chi connectivity index (χ1v) is 5.11. The molecule has 1 aromatic rings. The number of hydrogen-bond donors (Lipinski definition) is 1. The Morgan fingerprint density at radius 3 is 2.67 bits per heavy atom. The highest BCUT2D eigenvalue weighted by Gasteiger charge is 2.07. The van der Waals surface area contributed by atoms with E-state index >= 15 is 0 Å². The average molecular weight is 296 g/mol. The number of hydrogen-bond acceptors (Lipinski definition) is 3. The third kappa shape index (κ3) is 9.04. The fourth-order valence-electron chi connectivity index (χ4n) is 0.984.